The van der Waals surface area contributed by atoms with E-state index in [1.54, 1.807) is 36.1 Å². The molecule has 0 N–H and O–H groups in total. The van der Waals surface area contributed by atoms with E-state index >= 15 is 0 Å². The summed E-state index contributed by atoms with van der Waals surface area (Å²) in [6.45, 7) is 2.90. The van der Waals surface area contributed by atoms with Crippen LogP contribution >= 0.6 is 0 Å². The van der Waals surface area contributed by atoms with Crippen LogP contribution in [0.15, 0.2) is 24.3 Å². The van der Waals surface area contributed by atoms with Crippen LogP contribution in [-0.2, 0) is 14.3 Å². The van der Waals surface area contributed by atoms with Gasteiger partial charge in [-0.3, -0.25) is 4.79 Å². The average Bonchev–Trinajstić information content (AvgIpc) is 3.03. The summed E-state index contributed by atoms with van der Waals surface area (Å²) in [6, 6.07) is 5.18. The number of Topliss-reactive ketones (excluding diaryl/α,β-unsaturated/α-hetero) is 1. The summed E-state index contributed by atoms with van der Waals surface area (Å²) in [4.78, 5) is 37.4. The molecule has 1 aromatic rings. The highest BCUT2D eigenvalue weighted by Crippen LogP contribution is 2.39. The van der Waals surface area contributed by atoms with Crippen molar-refractivity contribution in [2.75, 3.05) is 26.8 Å². The minimum absolute atomic E-state index is 0.0368. The zero-order valence-corrected chi connectivity index (χ0v) is 14.8. The van der Waals surface area contributed by atoms with E-state index in [0.29, 0.717) is 43.0 Å². The van der Waals surface area contributed by atoms with Gasteiger partial charge in [-0.15, -0.1) is 0 Å². The van der Waals surface area contributed by atoms with Gasteiger partial charge in [0.1, 0.15) is 11.4 Å². The third kappa shape index (κ3) is 3.56. The molecule has 0 bridgehead atoms. The first kappa shape index (κ1) is 18.0. The molecule has 1 saturated heterocycles. The van der Waals surface area contributed by atoms with Crippen molar-refractivity contribution >= 4 is 23.9 Å². The van der Waals surface area contributed by atoms with Crippen molar-refractivity contribution in [1.29, 1.82) is 0 Å². The van der Waals surface area contributed by atoms with Crippen LogP contribution in [-0.4, -0.2) is 55.2 Å². The van der Waals surface area contributed by atoms with Crippen molar-refractivity contribution in [1.82, 2.24) is 4.90 Å². The Hall–Kier alpha value is -2.83. The Morgan fingerprint density at radius 1 is 1.38 bits per heavy atom. The Morgan fingerprint density at radius 2 is 2.19 bits per heavy atom. The van der Waals surface area contributed by atoms with Crippen molar-refractivity contribution in [3.63, 3.8) is 0 Å². The number of hydrogen-bond acceptors (Lipinski definition) is 6. The van der Waals surface area contributed by atoms with Crippen LogP contribution in [0.4, 0.5) is 4.79 Å². The molecule has 7 nitrogen and oxygen atoms in total. The molecular weight excluding hydrogens is 338 g/mol. The summed E-state index contributed by atoms with van der Waals surface area (Å²) in [7, 11) is 1.30. The predicted molar refractivity (Wildman–Crippen MR) is 93.0 cm³/mol. The van der Waals surface area contributed by atoms with E-state index in [0.717, 1.165) is 0 Å². The van der Waals surface area contributed by atoms with Crippen molar-refractivity contribution in [2.24, 2.45) is 0 Å². The lowest BCUT2D eigenvalue weighted by molar-refractivity contribution is -0.134. The number of ether oxygens (including phenoxy) is 3. The quantitative estimate of drug-likeness (QED) is 0.609. The first-order valence-corrected chi connectivity index (χ1v) is 8.50. The van der Waals surface area contributed by atoms with Crippen molar-refractivity contribution in [3.8, 4) is 5.75 Å². The van der Waals surface area contributed by atoms with Gasteiger partial charge in [-0.05, 0) is 30.7 Å². The third-order valence-electron chi connectivity index (χ3n) is 4.57. The number of ketones is 1. The number of carbonyl (C=O) groups is 3. The minimum Gasteiger partial charge on any atom is -0.484 e. The lowest BCUT2D eigenvalue weighted by Gasteiger charge is -2.34. The maximum Gasteiger partial charge on any atom is 0.409 e. The van der Waals surface area contributed by atoms with Gasteiger partial charge in [0, 0.05) is 19.0 Å². The highest BCUT2D eigenvalue weighted by molar-refractivity contribution is 6.01. The first-order valence-electron chi connectivity index (χ1n) is 8.50. The zero-order chi connectivity index (χ0) is 18.7. The molecule has 0 aliphatic carbocycles. The molecule has 2 aliphatic rings. The van der Waals surface area contributed by atoms with Gasteiger partial charge in [-0.1, -0.05) is 6.07 Å². The van der Waals surface area contributed by atoms with Crippen LogP contribution in [0.3, 0.4) is 0 Å². The Bertz CT molecular complexity index is 771. The highest BCUT2D eigenvalue weighted by Gasteiger charge is 2.47. The first-order chi connectivity index (χ1) is 12.5. The van der Waals surface area contributed by atoms with Crippen LogP contribution in [0.5, 0.6) is 5.75 Å². The Labute approximate surface area is 151 Å². The molecule has 1 atom stereocenters. The minimum atomic E-state index is -0.694. The number of amides is 1. The standard InChI is InChI=1S/C19H21NO6/c1-3-25-18(23)20-9-8-19(12-20)11-15(21)14-10-13(4-6-16(14)26-19)5-7-17(22)24-2/h4-7,10H,3,8-9,11-12H2,1-2H3. The fourth-order valence-corrected chi connectivity index (χ4v) is 3.29. The Balaban J connectivity index is 1.77. The molecule has 1 amide bonds. The molecule has 1 fully saturated rings. The van der Waals surface area contributed by atoms with Gasteiger partial charge in [0.2, 0.25) is 0 Å². The molecule has 3 rings (SSSR count). The molecule has 1 unspecified atom stereocenters. The fourth-order valence-electron chi connectivity index (χ4n) is 3.29. The van der Waals surface area contributed by atoms with E-state index in [-0.39, 0.29) is 18.3 Å². The van der Waals surface area contributed by atoms with E-state index < -0.39 is 11.6 Å². The summed E-state index contributed by atoms with van der Waals surface area (Å²) < 4.78 is 15.7. The second-order valence-electron chi connectivity index (χ2n) is 6.37. The smallest absolute Gasteiger partial charge is 0.409 e. The molecule has 138 valence electrons. The number of carbonyl (C=O) groups excluding carboxylic acids is 3. The van der Waals surface area contributed by atoms with Gasteiger partial charge in [-0.25, -0.2) is 9.59 Å². The summed E-state index contributed by atoms with van der Waals surface area (Å²) >= 11 is 0. The van der Waals surface area contributed by atoms with Crippen molar-refractivity contribution in [2.45, 2.75) is 25.4 Å². The van der Waals surface area contributed by atoms with E-state index in [2.05, 4.69) is 4.74 Å². The van der Waals surface area contributed by atoms with Crippen molar-refractivity contribution in [3.05, 3.63) is 35.4 Å². The SMILES string of the molecule is CCOC(=O)N1CCC2(CC(=O)c3cc(C=CC(=O)OC)ccc3O2)C1. The number of hydrogen-bond donors (Lipinski definition) is 0. The summed E-state index contributed by atoms with van der Waals surface area (Å²) in [6.07, 6.45) is 3.29. The molecule has 1 aromatic carbocycles. The second kappa shape index (κ2) is 7.19. The molecule has 2 heterocycles. The molecule has 7 heteroatoms. The largest absolute Gasteiger partial charge is 0.484 e. The summed E-state index contributed by atoms with van der Waals surface area (Å²) in [5.74, 6) is 0.00159. The van der Waals surface area contributed by atoms with Crippen molar-refractivity contribution < 1.29 is 28.6 Å². The van der Waals surface area contributed by atoms with Gasteiger partial charge in [0.15, 0.2) is 5.78 Å². The summed E-state index contributed by atoms with van der Waals surface area (Å²) in [5, 5.41) is 0. The topological polar surface area (TPSA) is 82.1 Å². The van der Waals surface area contributed by atoms with Gasteiger partial charge in [0.25, 0.3) is 0 Å². The Kier molecular flexibility index (Phi) is 4.97. The maximum atomic E-state index is 12.7. The summed E-state index contributed by atoms with van der Waals surface area (Å²) in [5.41, 5.74) is 0.499. The van der Waals surface area contributed by atoms with E-state index in [9.17, 15) is 14.4 Å². The lowest BCUT2D eigenvalue weighted by atomic mass is 9.88. The molecule has 26 heavy (non-hydrogen) atoms. The normalized spacial score (nSPS) is 21.6. The number of rotatable bonds is 3. The zero-order valence-electron chi connectivity index (χ0n) is 14.8. The van der Waals surface area contributed by atoms with E-state index in [1.807, 2.05) is 0 Å². The number of likely N-dealkylation sites (tertiary alicyclic amines) is 1. The highest BCUT2D eigenvalue weighted by atomic mass is 16.6. The van der Waals surface area contributed by atoms with Gasteiger partial charge in [-0.2, -0.15) is 0 Å². The molecule has 0 radical (unpaired) electrons. The van der Waals surface area contributed by atoms with Gasteiger partial charge >= 0.3 is 12.1 Å². The van der Waals surface area contributed by atoms with Crippen LogP contribution in [0.2, 0.25) is 0 Å². The molecule has 1 spiro atoms. The number of nitrogens with zero attached hydrogens (tertiary/aromatic N) is 1. The monoisotopic (exact) mass is 359 g/mol. The number of esters is 1. The van der Waals surface area contributed by atoms with E-state index in [4.69, 9.17) is 9.47 Å². The van der Waals surface area contributed by atoms with Crippen LogP contribution < -0.4 is 4.74 Å². The van der Waals surface area contributed by atoms with Crippen LogP contribution in [0, 0.1) is 0 Å². The van der Waals surface area contributed by atoms with Gasteiger partial charge < -0.3 is 19.1 Å². The van der Waals surface area contributed by atoms with Gasteiger partial charge in [0.05, 0.1) is 32.2 Å². The van der Waals surface area contributed by atoms with Crippen LogP contribution in [0.1, 0.15) is 35.7 Å². The second-order valence-corrected chi connectivity index (χ2v) is 6.37. The average molecular weight is 359 g/mol. The molecule has 0 aromatic heterocycles. The third-order valence-corrected chi connectivity index (χ3v) is 4.57. The molecule has 0 saturated carbocycles. The molecular formula is C19H21NO6. The van der Waals surface area contributed by atoms with Crippen LogP contribution in [0.25, 0.3) is 6.08 Å². The number of benzene rings is 1. The number of methoxy groups -OCH3 is 1. The van der Waals surface area contributed by atoms with E-state index in [1.165, 1.54) is 13.2 Å². The number of fused-ring (bicyclic) bond motifs is 1. The molecule has 2 aliphatic heterocycles. The predicted octanol–water partition coefficient (Wildman–Crippen LogP) is 2.44. The maximum absolute atomic E-state index is 12.7. The lowest BCUT2D eigenvalue weighted by Crippen LogP contribution is -2.45. The fraction of sp³-hybridized carbons (Fsp3) is 0.421. The Morgan fingerprint density at radius 3 is 2.92 bits per heavy atom.